The van der Waals surface area contributed by atoms with Crippen molar-refractivity contribution in [1.82, 2.24) is 14.8 Å². The summed E-state index contributed by atoms with van der Waals surface area (Å²) in [5, 5.41) is 1.12. The van der Waals surface area contributed by atoms with E-state index in [2.05, 4.69) is 15.3 Å². The van der Waals surface area contributed by atoms with Crippen molar-refractivity contribution < 1.29 is 14.0 Å². The van der Waals surface area contributed by atoms with E-state index in [0.717, 1.165) is 42.2 Å². The quantitative estimate of drug-likeness (QED) is 0.517. The first-order valence-electron chi connectivity index (χ1n) is 10.6. The molecule has 1 aliphatic rings. The lowest BCUT2D eigenvalue weighted by Crippen LogP contribution is -2.48. The first kappa shape index (κ1) is 22.7. The van der Waals surface area contributed by atoms with Crippen molar-refractivity contribution in [2.75, 3.05) is 30.6 Å². The molecule has 166 valence electrons. The number of anilines is 2. The van der Waals surface area contributed by atoms with Gasteiger partial charge in [-0.3, -0.25) is 24.9 Å². The summed E-state index contributed by atoms with van der Waals surface area (Å²) in [6, 6.07) is 8.57. The number of likely N-dealkylation sites (tertiary alicyclic amines) is 1. The second-order valence-electron chi connectivity index (χ2n) is 7.95. The van der Waals surface area contributed by atoms with Gasteiger partial charge in [0.1, 0.15) is 11.5 Å². The number of halogens is 1. The maximum atomic E-state index is 14.5. The van der Waals surface area contributed by atoms with Crippen molar-refractivity contribution in [2.45, 2.75) is 45.7 Å². The van der Waals surface area contributed by atoms with E-state index in [0.29, 0.717) is 25.1 Å². The van der Waals surface area contributed by atoms with Crippen LogP contribution in [-0.2, 0) is 16.1 Å². The van der Waals surface area contributed by atoms with Crippen molar-refractivity contribution >= 4 is 23.7 Å². The van der Waals surface area contributed by atoms with Crippen molar-refractivity contribution in [1.29, 1.82) is 0 Å². The van der Waals surface area contributed by atoms with E-state index in [1.54, 1.807) is 24.4 Å². The van der Waals surface area contributed by atoms with Gasteiger partial charge in [-0.05, 0) is 56.1 Å². The monoisotopic (exact) mass is 427 g/mol. The van der Waals surface area contributed by atoms with E-state index < -0.39 is 5.82 Å². The molecule has 1 fully saturated rings. The van der Waals surface area contributed by atoms with Crippen LogP contribution >= 0.6 is 0 Å². The average molecular weight is 428 g/mol. The van der Waals surface area contributed by atoms with Gasteiger partial charge < -0.3 is 4.90 Å². The van der Waals surface area contributed by atoms with Gasteiger partial charge in [0, 0.05) is 38.3 Å². The SMILES string of the molecule is CCC(=O)N(C)C1CCCN(Cc2ccc(F)c(N(C=O)Nc3ccc(C)nc3)c2)C1. The second-order valence-corrected chi connectivity index (χ2v) is 7.95. The number of pyridine rings is 1. The number of aryl methyl sites for hydroxylation is 1. The zero-order chi connectivity index (χ0) is 22.4. The number of piperidine rings is 1. The molecule has 1 atom stereocenters. The number of nitrogens with one attached hydrogen (secondary N) is 1. The minimum Gasteiger partial charge on any atom is -0.341 e. The van der Waals surface area contributed by atoms with E-state index >= 15 is 0 Å². The first-order chi connectivity index (χ1) is 14.9. The lowest BCUT2D eigenvalue weighted by molar-refractivity contribution is -0.132. The highest BCUT2D eigenvalue weighted by molar-refractivity contribution is 5.79. The van der Waals surface area contributed by atoms with Crippen molar-refractivity contribution in [3.63, 3.8) is 0 Å². The lowest BCUT2D eigenvalue weighted by atomic mass is 10.0. The van der Waals surface area contributed by atoms with Gasteiger partial charge in [0.05, 0.1) is 11.9 Å². The smallest absolute Gasteiger partial charge is 0.232 e. The van der Waals surface area contributed by atoms with Crippen LogP contribution in [0, 0.1) is 12.7 Å². The standard InChI is InChI=1S/C23H30FN5O2/c1-4-23(31)27(3)20-6-5-11-28(15-20)14-18-8-10-21(24)22(12-18)29(16-30)26-19-9-7-17(2)25-13-19/h7-10,12-13,16,20,26H,4-6,11,14-15H2,1-3H3. The third-order valence-electron chi connectivity index (χ3n) is 5.67. The van der Waals surface area contributed by atoms with Gasteiger partial charge >= 0.3 is 0 Å². The van der Waals surface area contributed by atoms with Crippen LogP contribution in [0.25, 0.3) is 0 Å². The number of amides is 2. The van der Waals surface area contributed by atoms with Crippen LogP contribution in [-0.4, -0.2) is 53.3 Å². The van der Waals surface area contributed by atoms with Gasteiger partial charge in [-0.1, -0.05) is 13.0 Å². The summed E-state index contributed by atoms with van der Waals surface area (Å²) in [7, 11) is 1.86. The van der Waals surface area contributed by atoms with E-state index in [4.69, 9.17) is 0 Å². The Bertz CT molecular complexity index is 905. The lowest BCUT2D eigenvalue weighted by Gasteiger charge is -2.37. The fourth-order valence-electron chi connectivity index (χ4n) is 3.86. The molecule has 2 aromatic rings. The fraction of sp³-hybridized carbons (Fsp3) is 0.435. The molecule has 1 N–H and O–H groups in total. The summed E-state index contributed by atoms with van der Waals surface area (Å²) in [6.45, 7) is 6.06. The number of aromatic nitrogens is 1. The average Bonchev–Trinajstić information content (AvgIpc) is 2.79. The van der Waals surface area contributed by atoms with E-state index in [1.807, 2.05) is 31.9 Å². The predicted molar refractivity (Wildman–Crippen MR) is 119 cm³/mol. The molecule has 7 nitrogen and oxygen atoms in total. The maximum absolute atomic E-state index is 14.5. The summed E-state index contributed by atoms with van der Waals surface area (Å²) in [5.41, 5.74) is 5.38. The second kappa shape index (κ2) is 10.3. The Hall–Kier alpha value is -3.00. The van der Waals surface area contributed by atoms with E-state index in [1.165, 1.54) is 6.07 Å². The van der Waals surface area contributed by atoms with Gasteiger partial charge in [0.2, 0.25) is 12.3 Å². The summed E-state index contributed by atoms with van der Waals surface area (Å²) >= 11 is 0. The molecule has 8 heteroatoms. The molecule has 1 saturated heterocycles. The number of carbonyl (C=O) groups excluding carboxylic acids is 2. The van der Waals surface area contributed by atoms with Gasteiger partial charge in [0.25, 0.3) is 0 Å². The third-order valence-corrected chi connectivity index (χ3v) is 5.67. The van der Waals surface area contributed by atoms with Crippen molar-refractivity contribution in [3.05, 3.63) is 53.6 Å². The van der Waals surface area contributed by atoms with Crippen LogP contribution in [0.15, 0.2) is 36.5 Å². The number of hydrogen-bond acceptors (Lipinski definition) is 5. The number of likely N-dealkylation sites (N-methyl/N-ethyl adjacent to an activating group) is 1. The van der Waals surface area contributed by atoms with Crippen LogP contribution in [0.3, 0.4) is 0 Å². The highest BCUT2D eigenvalue weighted by Crippen LogP contribution is 2.24. The summed E-state index contributed by atoms with van der Waals surface area (Å²) in [4.78, 5) is 32.0. The molecule has 1 unspecified atom stereocenters. The molecule has 1 aliphatic heterocycles. The molecule has 3 rings (SSSR count). The van der Waals surface area contributed by atoms with Crippen LogP contribution in [0.1, 0.15) is 37.4 Å². The van der Waals surface area contributed by atoms with Gasteiger partial charge in [-0.15, -0.1) is 0 Å². The summed E-state index contributed by atoms with van der Waals surface area (Å²) in [6.07, 6.45) is 4.63. The molecule has 0 aliphatic carbocycles. The minimum absolute atomic E-state index is 0.147. The predicted octanol–water partition coefficient (Wildman–Crippen LogP) is 3.35. The van der Waals surface area contributed by atoms with Crippen molar-refractivity contribution in [2.24, 2.45) is 0 Å². The topological polar surface area (TPSA) is 68.8 Å². The van der Waals surface area contributed by atoms with Crippen LogP contribution < -0.4 is 10.4 Å². The normalized spacial score (nSPS) is 16.6. The number of hydrogen-bond donors (Lipinski definition) is 1. The number of nitrogens with zero attached hydrogens (tertiary/aromatic N) is 4. The molecular formula is C23H30FN5O2. The Balaban J connectivity index is 1.71. The van der Waals surface area contributed by atoms with Gasteiger partial charge in [-0.25, -0.2) is 9.40 Å². The Kier molecular flexibility index (Phi) is 7.57. The number of benzene rings is 1. The number of hydrazine groups is 1. The van der Waals surface area contributed by atoms with Crippen LogP contribution in [0.5, 0.6) is 0 Å². The Labute approximate surface area is 182 Å². The molecule has 2 amide bonds. The molecule has 0 bridgehead atoms. The van der Waals surface area contributed by atoms with Crippen LogP contribution in [0.4, 0.5) is 15.8 Å². The molecule has 31 heavy (non-hydrogen) atoms. The highest BCUT2D eigenvalue weighted by Gasteiger charge is 2.25. The van der Waals surface area contributed by atoms with Gasteiger partial charge in [0.15, 0.2) is 0 Å². The van der Waals surface area contributed by atoms with Crippen molar-refractivity contribution in [3.8, 4) is 0 Å². The molecule has 1 aromatic heterocycles. The van der Waals surface area contributed by atoms with Crippen LogP contribution in [0.2, 0.25) is 0 Å². The maximum Gasteiger partial charge on any atom is 0.232 e. The Morgan fingerprint density at radius 1 is 1.35 bits per heavy atom. The fourth-order valence-corrected chi connectivity index (χ4v) is 3.86. The first-order valence-corrected chi connectivity index (χ1v) is 10.6. The van der Waals surface area contributed by atoms with E-state index in [-0.39, 0.29) is 17.6 Å². The molecule has 0 radical (unpaired) electrons. The minimum atomic E-state index is -0.492. The number of carbonyl (C=O) groups is 2. The summed E-state index contributed by atoms with van der Waals surface area (Å²) < 4.78 is 14.5. The molecular weight excluding hydrogens is 397 g/mol. The molecule has 2 heterocycles. The zero-order valence-electron chi connectivity index (χ0n) is 18.3. The highest BCUT2D eigenvalue weighted by atomic mass is 19.1. The number of rotatable bonds is 8. The Morgan fingerprint density at radius 2 is 2.16 bits per heavy atom. The summed E-state index contributed by atoms with van der Waals surface area (Å²) in [5.74, 6) is -0.345. The van der Waals surface area contributed by atoms with Gasteiger partial charge in [-0.2, -0.15) is 0 Å². The largest absolute Gasteiger partial charge is 0.341 e. The zero-order valence-corrected chi connectivity index (χ0v) is 18.3. The molecule has 0 spiro atoms. The van der Waals surface area contributed by atoms with E-state index in [9.17, 15) is 14.0 Å². The molecule has 0 saturated carbocycles. The Morgan fingerprint density at radius 3 is 2.84 bits per heavy atom. The molecule has 1 aromatic carbocycles. The third kappa shape index (κ3) is 5.79.